The zero-order valence-electron chi connectivity index (χ0n) is 11.2. The third-order valence-electron chi connectivity index (χ3n) is 3.05. The molecule has 0 aliphatic heterocycles. The topological polar surface area (TPSA) is 56.1 Å². The predicted molar refractivity (Wildman–Crippen MR) is 74.2 cm³/mol. The summed E-state index contributed by atoms with van der Waals surface area (Å²) < 4.78 is 48.9. The van der Waals surface area contributed by atoms with Gasteiger partial charge < -0.3 is 4.57 Å². The normalized spacial score (nSPS) is 11.8. The van der Waals surface area contributed by atoms with Crippen LogP contribution in [0.15, 0.2) is 52.3 Å². The molecule has 21 heavy (non-hydrogen) atoms. The summed E-state index contributed by atoms with van der Waals surface area (Å²) in [6.07, 6.45) is 1.61. The Hall–Kier alpha value is -2.02. The van der Waals surface area contributed by atoms with Crippen molar-refractivity contribution >= 4 is 9.84 Å². The van der Waals surface area contributed by atoms with Crippen molar-refractivity contribution in [2.24, 2.45) is 0 Å². The zero-order valence-corrected chi connectivity index (χ0v) is 12.0. The Morgan fingerprint density at radius 2 is 1.76 bits per heavy atom. The minimum Gasteiger partial charge on any atom is -0.311 e. The van der Waals surface area contributed by atoms with Crippen molar-refractivity contribution in [1.29, 1.82) is 0 Å². The molecule has 0 aliphatic rings. The largest absolute Gasteiger partial charge is 0.341 e. The second-order valence-electron chi connectivity index (χ2n) is 4.57. The van der Waals surface area contributed by atoms with E-state index in [1.807, 2.05) is 0 Å². The number of aryl methyl sites for hydroxylation is 1. The van der Waals surface area contributed by atoms with Gasteiger partial charge in [0.25, 0.3) is 5.56 Å². The molecule has 112 valence electrons. The first-order valence-electron chi connectivity index (χ1n) is 6.09. The second kappa shape index (κ2) is 5.77. The molecule has 0 bridgehead atoms. The van der Waals surface area contributed by atoms with E-state index in [1.54, 1.807) is 25.3 Å². The van der Waals surface area contributed by atoms with Crippen LogP contribution in [0.25, 0.3) is 0 Å². The molecule has 0 N–H and O–H groups in total. The fourth-order valence-electron chi connectivity index (χ4n) is 1.87. The van der Waals surface area contributed by atoms with Crippen molar-refractivity contribution in [1.82, 2.24) is 4.57 Å². The molecule has 0 atom stereocenters. The van der Waals surface area contributed by atoms with Gasteiger partial charge in [-0.3, -0.25) is 4.79 Å². The quantitative estimate of drug-likeness (QED) is 0.869. The van der Waals surface area contributed by atoms with Crippen LogP contribution < -0.4 is 5.56 Å². The van der Waals surface area contributed by atoms with Crippen LogP contribution in [0.5, 0.6) is 0 Å². The lowest BCUT2D eigenvalue weighted by molar-refractivity contribution is 0.234. The van der Waals surface area contributed by atoms with Crippen LogP contribution in [0.2, 0.25) is 0 Å². The number of nitrogens with zero attached hydrogens (tertiary/aromatic N) is 1. The Morgan fingerprint density at radius 3 is 2.33 bits per heavy atom. The maximum atomic E-state index is 12.4. The number of alkyl halides is 2. The van der Waals surface area contributed by atoms with Crippen LogP contribution in [-0.2, 0) is 16.4 Å². The monoisotopic (exact) mass is 313 g/mol. The fourth-order valence-corrected chi connectivity index (χ4v) is 2.59. The van der Waals surface area contributed by atoms with Crippen molar-refractivity contribution in [2.45, 2.75) is 24.1 Å². The standard InChI is InChI=1S/C14H13F2NO3S/c1-10-3-2-8-17(13(10)18)9-11-4-6-12(7-5-11)21(19,20)14(15)16/h2-8,14H,9H2,1H3. The summed E-state index contributed by atoms with van der Waals surface area (Å²) >= 11 is 0. The van der Waals surface area contributed by atoms with Gasteiger partial charge in [0.05, 0.1) is 11.4 Å². The van der Waals surface area contributed by atoms with Crippen LogP contribution >= 0.6 is 0 Å². The van der Waals surface area contributed by atoms with Gasteiger partial charge >= 0.3 is 5.76 Å². The molecule has 1 heterocycles. The van der Waals surface area contributed by atoms with Crippen molar-refractivity contribution < 1.29 is 17.2 Å². The van der Waals surface area contributed by atoms with E-state index in [1.165, 1.54) is 16.7 Å². The lowest BCUT2D eigenvalue weighted by atomic mass is 10.2. The van der Waals surface area contributed by atoms with Gasteiger partial charge in [-0.2, -0.15) is 8.78 Å². The highest BCUT2D eigenvalue weighted by atomic mass is 32.2. The van der Waals surface area contributed by atoms with E-state index >= 15 is 0 Å². The highest BCUT2D eigenvalue weighted by Gasteiger charge is 2.26. The van der Waals surface area contributed by atoms with Gasteiger partial charge in [-0.1, -0.05) is 18.2 Å². The molecule has 2 rings (SSSR count). The van der Waals surface area contributed by atoms with Crippen LogP contribution in [0.4, 0.5) is 8.78 Å². The van der Waals surface area contributed by atoms with Crippen molar-refractivity contribution in [3.05, 3.63) is 64.1 Å². The first-order chi connectivity index (χ1) is 9.82. The summed E-state index contributed by atoms with van der Waals surface area (Å²) in [6.45, 7) is 1.94. The molecule has 0 spiro atoms. The lowest BCUT2D eigenvalue weighted by Gasteiger charge is -2.08. The Morgan fingerprint density at radius 1 is 1.14 bits per heavy atom. The molecule has 0 fully saturated rings. The fraction of sp³-hybridized carbons (Fsp3) is 0.214. The number of benzene rings is 1. The van der Waals surface area contributed by atoms with Crippen LogP contribution in [-0.4, -0.2) is 18.7 Å². The zero-order chi connectivity index (χ0) is 15.6. The van der Waals surface area contributed by atoms with Gasteiger partial charge in [-0.05, 0) is 30.7 Å². The molecular weight excluding hydrogens is 300 g/mol. The average molecular weight is 313 g/mol. The van der Waals surface area contributed by atoms with E-state index in [9.17, 15) is 22.0 Å². The maximum Gasteiger partial charge on any atom is 0.341 e. The molecule has 2 aromatic rings. The Labute approximate surface area is 120 Å². The lowest BCUT2D eigenvalue weighted by Crippen LogP contribution is -2.21. The van der Waals surface area contributed by atoms with E-state index < -0.39 is 20.5 Å². The molecule has 4 nitrogen and oxygen atoms in total. The first kappa shape index (κ1) is 15.4. The molecule has 1 aromatic carbocycles. The van der Waals surface area contributed by atoms with Crippen LogP contribution in [0.1, 0.15) is 11.1 Å². The molecule has 0 aliphatic carbocycles. The number of pyridine rings is 1. The van der Waals surface area contributed by atoms with Gasteiger partial charge in [0, 0.05) is 11.8 Å². The third kappa shape index (κ3) is 3.18. The highest BCUT2D eigenvalue weighted by Crippen LogP contribution is 2.18. The highest BCUT2D eigenvalue weighted by molar-refractivity contribution is 7.91. The number of hydrogen-bond acceptors (Lipinski definition) is 3. The molecule has 1 aromatic heterocycles. The van der Waals surface area contributed by atoms with Gasteiger partial charge in [0.1, 0.15) is 0 Å². The number of aromatic nitrogens is 1. The van der Waals surface area contributed by atoms with Crippen molar-refractivity contribution in [3.63, 3.8) is 0 Å². The summed E-state index contributed by atoms with van der Waals surface area (Å²) in [4.78, 5) is 11.4. The summed E-state index contributed by atoms with van der Waals surface area (Å²) in [6, 6.07) is 8.51. The molecule has 0 unspecified atom stereocenters. The van der Waals surface area contributed by atoms with Gasteiger partial charge in [-0.25, -0.2) is 8.42 Å². The molecular formula is C14H13F2NO3S. The van der Waals surface area contributed by atoms with Crippen molar-refractivity contribution in [2.75, 3.05) is 0 Å². The number of hydrogen-bond donors (Lipinski definition) is 0. The summed E-state index contributed by atoms with van der Waals surface area (Å²) in [5.74, 6) is -3.44. The summed E-state index contributed by atoms with van der Waals surface area (Å²) in [5, 5.41) is 0. The first-order valence-corrected chi connectivity index (χ1v) is 7.64. The number of sulfone groups is 1. The number of halogens is 2. The molecule has 7 heteroatoms. The summed E-state index contributed by atoms with van der Waals surface area (Å²) in [5.41, 5.74) is 1.09. The van der Waals surface area contributed by atoms with Gasteiger partial charge in [0.15, 0.2) is 0 Å². The third-order valence-corrected chi connectivity index (χ3v) is 4.45. The van der Waals surface area contributed by atoms with E-state index in [0.717, 1.165) is 12.1 Å². The maximum absolute atomic E-state index is 12.4. The van der Waals surface area contributed by atoms with Gasteiger partial charge in [0.2, 0.25) is 9.84 Å². The van der Waals surface area contributed by atoms with E-state index in [-0.39, 0.29) is 12.1 Å². The predicted octanol–water partition coefficient (Wildman–Crippen LogP) is 2.20. The van der Waals surface area contributed by atoms with E-state index in [4.69, 9.17) is 0 Å². The van der Waals surface area contributed by atoms with Gasteiger partial charge in [-0.15, -0.1) is 0 Å². The van der Waals surface area contributed by atoms with E-state index in [2.05, 4.69) is 0 Å². The van der Waals surface area contributed by atoms with Crippen molar-refractivity contribution in [3.8, 4) is 0 Å². The Kier molecular flexibility index (Phi) is 4.22. The smallest absolute Gasteiger partial charge is 0.311 e. The second-order valence-corrected chi connectivity index (χ2v) is 6.49. The molecule has 0 saturated carbocycles. The molecule has 0 saturated heterocycles. The Bertz CT molecular complexity index is 796. The SMILES string of the molecule is Cc1cccn(Cc2ccc(S(=O)(=O)C(F)F)cc2)c1=O. The minimum absolute atomic E-state index is 0.151. The van der Waals surface area contributed by atoms with Crippen LogP contribution in [0.3, 0.4) is 0 Å². The van der Waals surface area contributed by atoms with E-state index in [0.29, 0.717) is 11.1 Å². The minimum atomic E-state index is -4.58. The Balaban J connectivity index is 2.29. The average Bonchev–Trinajstić information content (AvgIpc) is 2.44. The molecule has 0 radical (unpaired) electrons. The molecule has 0 amide bonds. The van der Waals surface area contributed by atoms with Crippen LogP contribution in [0, 0.1) is 6.92 Å². The number of rotatable bonds is 4. The summed E-state index contributed by atoms with van der Waals surface area (Å²) in [7, 11) is -4.58.